The number of anilines is 1. The number of likely N-dealkylation sites (N-methyl/N-ethyl adjacent to an activating group) is 1. The highest BCUT2D eigenvalue weighted by atomic mass is 16.5. The minimum atomic E-state index is -0.344. The van der Waals surface area contributed by atoms with Gasteiger partial charge >= 0.3 is 0 Å². The molecule has 2 heterocycles. The van der Waals surface area contributed by atoms with Crippen LogP contribution < -0.4 is 10.2 Å². The minimum Gasteiger partial charge on any atom is -0.377 e. The Morgan fingerprint density at radius 3 is 3.16 bits per heavy atom. The molecule has 1 saturated heterocycles. The first-order chi connectivity index (χ1) is 9.26. The third-order valence-corrected chi connectivity index (χ3v) is 2.98. The summed E-state index contributed by atoms with van der Waals surface area (Å²) in [4.78, 5) is 18.0. The molecule has 1 amide bonds. The lowest BCUT2D eigenvalue weighted by atomic mass is 10.2. The maximum atomic E-state index is 12.0. The van der Waals surface area contributed by atoms with Crippen LogP contribution in [0.3, 0.4) is 0 Å². The Labute approximate surface area is 112 Å². The predicted molar refractivity (Wildman–Crippen MR) is 69.6 cm³/mol. The Balaban J connectivity index is 2.18. The van der Waals surface area contributed by atoms with Gasteiger partial charge in [-0.2, -0.15) is 5.26 Å². The number of hydrogen-bond donors (Lipinski definition) is 1. The molecule has 2 rings (SSSR count). The molecule has 1 fully saturated rings. The number of morpholine rings is 1. The van der Waals surface area contributed by atoms with E-state index in [2.05, 4.69) is 10.3 Å². The lowest BCUT2D eigenvalue weighted by molar-refractivity contribution is -0.124. The average molecular weight is 260 g/mol. The highest BCUT2D eigenvalue weighted by molar-refractivity contribution is 5.85. The summed E-state index contributed by atoms with van der Waals surface area (Å²) in [6, 6.07) is 5.09. The van der Waals surface area contributed by atoms with Gasteiger partial charge in [0.15, 0.2) is 0 Å². The molecule has 0 aliphatic carbocycles. The van der Waals surface area contributed by atoms with E-state index in [-0.39, 0.29) is 11.9 Å². The van der Waals surface area contributed by atoms with E-state index in [9.17, 15) is 4.79 Å². The van der Waals surface area contributed by atoms with Gasteiger partial charge in [0.1, 0.15) is 17.8 Å². The predicted octanol–water partition coefficient (Wildman–Crippen LogP) is 0.295. The summed E-state index contributed by atoms with van der Waals surface area (Å²) in [5, 5.41) is 11.5. The second-order valence-corrected chi connectivity index (χ2v) is 4.19. The Kier molecular flexibility index (Phi) is 4.31. The zero-order chi connectivity index (χ0) is 13.7. The van der Waals surface area contributed by atoms with Gasteiger partial charge in [-0.1, -0.05) is 0 Å². The quantitative estimate of drug-likeness (QED) is 0.845. The zero-order valence-corrected chi connectivity index (χ0v) is 10.8. The normalized spacial score (nSPS) is 18.7. The smallest absolute Gasteiger partial charge is 0.245 e. The molecule has 100 valence electrons. The molecular formula is C13H16N4O2. The van der Waals surface area contributed by atoms with Gasteiger partial charge in [0.25, 0.3) is 0 Å². The molecule has 1 aliphatic rings. The fourth-order valence-electron chi connectivity index (χ4n) is 2.04. The van der Waals surface area contributed by atoms with Gasteiger partial charge in [-0.3, -0.25) is 4.79 Å². The van der Waals surface area contributed by atoms with Crippen molar-refractivity contribution in [2.45, 2.75) is 13.0 Å². The number of nitriles is 1. The van der Waals surface area contributed by atoms with E-state index in [1.165, 1.54) is 0 Å². The Morgan fingerprint density at radius 1 is 1.68 bits per heavy atom. The van der Waals surface area contributed by atoms with Gasteiger partial charge < -0.3 is 15.0 Å². The summed E-state index contributed by atoms with van der Waals surface area (Å²) in [5.74, 6) is -0.0495. The number of nitrogens with zero attached hydrogens (tertiary/aromatic N) is 3. The van der Waals surface area contributed by atoms with Crippen molar-refractivity contribution in [3.8, 4) is 6.07 Å². The molecule has 1 unspecified atom stereocenters. The third-order valence-electron chi connectivity index (χ3n) is 2.98. The number of carbonyl (C=O) groups excluding carboxylic acids is 1. The van der Waals surface area contributed by atoms with Crippen LogP contribution in [-0.2, 0) is 9.53 Å². The number of nitrogens with one attached hydrogen (secondary N) is 1. The van der Waals surface area contributed by atoms with Crippen molar-refractivity contribution in [2.75, 3.05) is 31.2 Å². The number of aromatic nitrogens is 1. The van der Waals surface area contributed by atoms with E-state index >= 15 is 0 Å². The Morgan fingerprint density at radius 2 is 2.53 bits per heavy atom. The number of pyridine rings is 1. The zero-order valence-electron chi connectivity index (χ0n) is 10.8. The molecule has 19 heavy (non-hydrogen) atoms. The molecule has 0 spiro atoms. The van der Waals surface area contributed by atoms with Gasteiger partial charge in [0, 0.05) is 13.1 Å². The molecule has 6 heteroatoms. The van der Waals surface area contributed by atoms with Crippen LogP contribution in [0.1, 0.15) is 12.6 Å². The summed E-state index contributed by atoms with van der Waals surface area (Å²) < 4.78 is 5.37. The molecular weight excluding hydrogens is 244 g/mol. The monoisotopic (exact) mass is 260 g/mol. The van der Waals surface area contributed by atoms with Crippen molar-refractivity contribution in [3.63, 3.8) is 0 Å². The molecule has 6 nitrogen and oxygen atoms in total. The van der Waals surface area contributed by atoms with Crippen molar-refractivity contribution < 1.29 is 9.53 Å². The van der Waals surface area contributed by atoms with Crippen LogP contribution in [-0.4, -0.2) is 43.2 Å². The van der Waals surface area contributed by atoms with Gasteiger partial charge in [-0.25, -0.2) is 4.98 Å². The second kappa shape index (κ2) is 6.16. The first-order valence-corrected chi connectivity index (χ1v) is 6.24. The lowest BCUT2D eigenvalue weighted by Crippen LogP contribution is -2.54. The standard InChI is InChI=1S/C13H16N4O2/c1-2-15-13(18)12-9-19-6-5-17(12)11-4-3-10(7-14)16-8-11/h3-4,8,12H,2,5-6,9H2,1H3,(H,15,18). The van der Waals surface area contributed by atoms with Crippen molar-refractivity contribution >= 4 is 11.6 Å². The molecule has 1 aromatic rings. The van der Waals surface area contributed by atoms with Crippen molar-refractivity contribution in [2.24, 2.45) is 0 Å². The topological polar surface area (TPSA) is 78.2 Å². The molecule has 1 aromatic heterocycles. The average Bonchev–Trinajstić information content (AvgIpc) is 2.47. The number of rotatable bonds is 3. The van der Waals surface area contributed by atoms with Crippen LogP contribution in [0.2, 0.25) is 0 Å². The second-order valence-electron chi connectivity index (χ2n) is 4.19. The molecule has 1 N–H and O–H groups in total. The van der Waals surface area contributed by atoms with Crippen LogP contribution in [0.15, 0.2) is 18.3 Å². The summed E-state index contributed by atoms with van der Waals surface area (Å²) in [5.41, 5.74) is 1.20. The number of hydrogen-bond acceptors (Lipinski definition) is 5. The Hall–Kier alpha value is -2.13. The largest absolute Gasteiger partial charge is 0.377 e. The fraction of sp³-hybridized carbons (Fsp3) is 0.462. The SMILES string of the molecule is CCNC(=O)C1COCCN1c1ccc(C#N)nc1. The van der Waals surface area contributed by atoms with Crippen molar-refractivity contribution in [1.82, 2.24) is 10.3 Å². The van der Waals surface area contributed by atoms with Crippen LogP contribution >= 0.6 is 0 Å². The summed E-state index contributed by atoms with van der Waals surface area (Å²) in [7, 11) is 0. The molecule has 0 bridgehead atoms. The minimum absolute atomic E-state index is 0.0495. The lowest BCUT2D eigenvalue weighted by Gasteiger charge is -2.36. The van der Waals surface area contributed by atoms with Gasteiger partial charge in [-0.05, 0) is 19.1 Å². The van der Waals surface area contributed by atoms with Gasteiger partial charge in [-0.15, -0.1) is 0 Å². The van der Waals surface area contributed by atoms with E-state index in [0.29, 0.717) is 32.0 Å². The maximum absolute atomic E-state index is 12.0. The van der Waals surface area contributed by atoms with Crippen LogP contribution in [0.4, 0.5) is 5.69 Å². The third kappa shape index (κ3) is 3.01. The summed E-state index contributed by atoms with van der Waals surface area (Å²) >= 11 is 0. The molecule has 1 aliphatic heterocycles. The van der Waals surface area contributed by atoms with E-state index < -0.39 is 0 Å². The highest BCUT2D eigenvalue weighted by Crippen LogP contribution is 2.19. The number of ether oxygens (including phenoxy) is 1. The molecule has 0 saturated carbocycles. The summed E-state index contributed by atoms with van der Waals surface area (Å²) in [6.45, 7) is 4.06. The van der Waals surface area contributed by atoms with Gasteiger partial charge in [0.05, 0.1) is 25.1 Å². The van der Waals surface area contributed by atoms with Gasteiger partial charge in [0.2, 0.25) is 5.91 Å². The van der Waals surface area contributed by atoms with E-state index in [0.717, 1.165) is 5.69 Å². The van der Waals surface area contributed by atoms with Crippen molar-refractivity contribution in [1.29, 1.82) is 5.26 Å². The van der Waals surface area contributed by atoms with Crippen LogP contribution in [0.25, 0.3) is 0 Å². The fourth-order valence-corrected chi connectivity index (χ4v) is 2.04. The molecule has 0 radical (unpaired) electrons. The highest BCUT2D eigenvalue weighted by Gasteiger charge is 2.29. The van der Waals surface area contributed by atoms with Crippen molar-refractivity contribution in [3.05, 3.63) is 24.0 Å². The Bertz CT molecular complexity index is 480. The maximum Gasteiger partial charge on any atom is 0.245 e. The first kappa shape index (κ1) is 13.3. The first-order valence-electron chi connectivity index (χ1n) is 6.24. The summed E-state index contributed by atoms with van der Waals surface area (Å²) in [6.07, 6.45) is 1.62. The van der Waals surface area contributed by atoms with E-state index in [4.69, 9.17) is 10.00 Å². The van der Waals surface area contributed by atoms with E-state index in [1.807, 2.05) is 24.0 Å². The van der Waals surface area contributed by atoms with Crippen LogP contribution in [0, 0.1) is 11.3 Å². The van der Waals surface area contributed by atoms with E-state index in [1.54, 1.807) is 12.3 Å². The molecule has 1 atom stereocenters. The van der Waals surface area contributed by atoms with Crippen LogP contribution in [0.5, 0.6) is 0 Å². The molecule has 0 aromatic carbocycles. The number of amides is 1. The number of carbonyl (C=O) groups is 1.